The Labute approximate surface area is 137 Å². The van der Waals surface area contributed by atoms with Crippen molar-refractivity contribution in [3.63, 3.8) is 0 Å². The van der Waals surface area contributed by atoms with E-state index >= 15 is 0 Å². The van der Waals surface area contributed by atoms with Gasteiger partial charge in [0.15, 0.2) is 5.82 Å². The minimum Gasteiger partial charge on any atom is -0.395 e. The molecule has 4 nitrogen and oxygen atoms in total. The molecule has 21 heavy (non-hydrogen) atoms. The van der Waals surface area contributed by atoms with Crippen LogP contribution in [0, 0.1) is 11.7 Å². The third kappa shape index (κ3) is 3.88. The first-order valence-corrected chi connectivity index (χ1v) is 9.37. The van der Waals surface area contributed by atoms with E-state index in [0.717, 1.165) is 25.3 Å². The van der Waals surface area contributed by atoms with Gasteiger partial charge in [-0.2, -0.15) is 0 Å². The Kier molecular flexibility index (Phi) is 5.18. The van der Waals surface area contributed by atoms with Crippen molar-refractivity contribution in [3.8, 4) is 0 Å². The SMILES string of the molecule is CCC(CC1CC1)NS(=O)(=O)c1cc(Cl)c(Br)c(N)c1F. The molecule has 0 aromatic heterocycles. The van der Waals surface area contributed by atoms with Crippen molar-refractivity contribution in [1.82, 2.24) is 4.72 Å². The lowest BCUT2D eigenvalue weighted by Gasteiger charge is -2.18. The summed E-state index contributed by atoms with van der Waals surface area (Å²) in [6, 6.07) is 0.870. The summed E-state index contributed by atoms with van der Waals surface area (Å²) < 4.78 is 41.6. The van der Waals surface area contributed by atoms with E-state index in [1.54, 1.807) is 0 Å². The molecule has 0 saturated heterocycles. The molecule has 0 radical (unpaired) electrons. The summed E-state index contributed by atoms with van der Waals surface area (Å²) in [4.78, 5) is -0.512. The Hall–Kier alpha value is -0.370. The molecule has 1 aromatic rings. The van der Waals surface area contributed by atoms with E-state index in [1.807, 2.05) is 6.92 Å². The van der Waals surface area contributed by atoms with Crippen molar-refractivity contribution >= 4 is 43.2 Å². The molecule has 0 aliphatic heterocycles. The zero-order valence-electron chi connectivity index (χ0n) is 11.5. The van der Waals surface area contributed by atoms with Gasteiger partial charge < -0.3 is 5.73 Å². The second-order valence-electron chi connectivity index (χ2n) is 5.30. The quantitative estimate of drug-likeness (QED) is 0.566. The molecule has 1 fully saturated rings. The van der Waals surface area contributed by atoms with Crippen LogP contribution in [0.3, 0.4) is 0 Å². The first-order valence-electron chi connectivity index (χ1n) is 6.71. The van der Waals surface area contributed by atoms with E-state index in [9.17, 15) is 12.8 Å². The Morgan fingerprint density at radius 2 is 2.19 bits per heavy atom. The molecule has 2 rings (SSSR count). The molecule has 1 aliphatic carbocycles. The van der Waals surface area contributed by atoms with E-state index in [4.69, 9.17) is 17.3 Å². The van der Waals surface area contributed by atoms with Crippen molar-refractivity contribution in [2.24, 2.45) is 5.92 Å². The van der Waals surface area contributed by atoms with Crippen LogP contribution in [0.25, 0.3) is 0 Å². The van der Waals surface area contributed by atoms with Crippen molar-refractivity contribution in [2.75, 3.05) is 5.73 Å². The molecular formula is C13H17BrClFN2O2S. The zero-order chi connectivity index (χ0) is 15.8. The van der Waals surface area contributed by atoms with Crippen LogP contribution in [0.5, 0.6) is 0 Å². The topological polar surface area (TPSA) is 72.2 Å². The second kappa shape index (κ2) is 6.40. The number of benzene rings is 1. The molecule has 1 saturated carbocycles. The fourth-order valence-corrected chi connectivity index (χ4v) is 4.14. The molecule has 8 heteroatoms. The number of halogens is 3. The molecule has 1 unspecified atom stereocenters. The largest absolute Gasteiger partial charge is 0.395 e. The van der Waals surface area contributed by atoms with Gasteiger partial charge in [-0.05, 0) is 40.8 Å². The first-order chi connectivity index (χ1) is 9.76. The van der Waals surface area contributed by atoms with Crippen molar-refractivity contribution < 1.29 is 12.8 Å². The molecule has 0 heterocycles. The summed E-state index contributed by atoms with van der Waals surface area (Å²) in [5.41, 5.74) is 5.23. The predicted octanol–water partition coefficient (Wildman–Crippen LogP) is 3.68. The Bertz CT molecular complexity index is 650. The number of hydrogen-bond donors (Lipinski definition) is 2. The van der Waals surface area contributed by atoms with Gasteiger partial charge >= 0.3 is 0 Å². The lowest BCUT2D eigenvalue weighted by atomic mass is 10.1. The fourth-order valence-electron chi connectivity index (χ4n) is 2.13. The highest BCUT2D eigenvalue weighted by Crippen LogP contribution is 2.36. The van der Waals surface area contributed by atoms with Crippen LogP contribution in [0.4, 0.5) is 10.1 Å². The maximum atomic E-state index is 14.1. The van der Waals surface area contributed by atoms with Crippen LogP contribution in [0.15, 0.2) is 15.4 Å². The Balaban J connectivity index is 2.30. The molecule has 1 aromatic carbocycles. The van der Waals surface area contributed by atoms with E-state index in [1.165, 1.54) is 0 Å². The van der Waals surface area contributed by atoms with Crippen molar-refractivity contribution in [3.05, 3.63) is 21.4 Å². The number of rotatable bonds is 6. The molecule has 1 aliphatic rings. The van der Waals surface area contributed by atoms with Crippen LogP contribution < -0.4 is 10.5 Å². The summed E-state index contributed by atoms with van der Waals surface area (Å²) in [7, 11) is -3.99. The van der Waals surface area contributed by atoms with Gasteiger partial charge in [-0.25, -0.2) is 17.5 Å². The third-order valence-electron chi connectivity index (χ3n) is 3.58. The van der Waals surface area contributed by atoms with E-state index in [0.29, 0.717) is 12.3 Å². The number of sulfonamides is 1. The zero-order valence-corrected chi connectivity index (χ0v) is 14.7. The second-order valence-corrected chi connectivity index (χ2v) is 8.19. The van der Waals surface area contributed by atoms with Gasteiger partial charge in [0.1, 0.15) is 4.90 Å². The van der Waals surface area contributed by atoms with Crippen LogP contribution in [-0.4, -0.2) is 14.5 Å². The van der Waals surface area contributed by atoms with Gasteiger partial charge in [0, 0.05) is 6.04 Å². The maximum absolute atomic E-state index is 14.1. The monoisotopic (exact) mass is 398 g/mol. The highest BCUT2D eigenvalue weighted by molar-refractivity contribution is 9.10. The normalized spacial score (nSPS) is 17.0. The standard InChI is InChI=1S/C13H17BrClFN2O2S/c1-2-8(5-7-3-4-7)18-21(19,20)10-6-9(15)11(14)13(17)12(10)16/h6-8,18H,2-5,17H2,1H3. The summed E-state index contributed by atoms with van der Waals surface area (Å²) in [5.74, 6) is -0.416. The highest BCUT2D eigenvalue weighted by atomic mass is 79.9. The first kappa shape index (κ1) is 17.0. The average Bonchev–Trinajstić information content (AvgIpc) is 3.23. The lowest BCUT2D eigenvalue weighted by molar-refractivity contribution is 0.491. The van der Waals surface area contributed by atoms with Gasteiger partial charge in [-0.3, -0.25) is 0 Å². The van der Waals surface area contributed by atoms with Crippen molar-refractivity contribution in [1.29, 1.82) is 0 Å². The minimum absolute atomic E-state index is 0.0597. The number of hydrogen-bond acceptors (Lipinski definition) is 3. The summed E-state index contributed by atoms with van der Waals surface area (Å²) >= 11 is 8.90. The predicted molar refractivity (Wildman–Crippen MR) is 85.3 cm³/mol. The molecule has 3 N–H and O–H groups in total. The van der Waals surface area contributed by atoms with E-state index in [-0.39, 0.29) is 21.2 Å². The number of nitrogens with one attached hydrogen (secondary N) is 1. The lowest BCUT2D eigenvalue weighted by Crippen LogP contribution is -2.35. The van der Waals surface area contributed by atoms with Crippen LogP contribution in [0.2, 0.25) is 5.02 Å². The number of anilines is 1. The van der Waals surface area contributed by atoms with Crippen LogP contribution in [-0.2, 0) is 10.0 Å². The third-order valence-corrected chi connectivity index (χ3v) is 6.48. The summed E-state index contributed by atoms with van der Waals surface area (Å²) in [5, 5.41) is 0.0597. The summed E-state index contributed by atoms with van der Waals surface area (Å²) in [6.45, 7) is 1.90. The van der Waals surface area contributed by atoms with Gasteiger partial charge in [0.05, 0.1) is 15.2 Å². The van der Waals surface area contributed by atoms with Gasteiger partial charge in [-0.1, -0.05) is 31.4 Å². The average molecular weight is 400 g/mol. The minimum atomic E-state index is -3.99. The molecule has 0 bridgehead atoms. The van der Waals surface area contributed by atoms with Crippen LogP contribution in [0.1, 0.15) is 32.6 Å². The summed E-state index contributed by atoms with van der Waals surface area (Å²) in [6.07, 6.45) is 3.68. The van der Waals surface area contributed by atoms with Gasteiger partial charge in [0.2, 0.25) is 10.0 Å². The number of nitrogens with two attached hydrogens (primary N) is 1. The Morgan fingerprint density at radius 3 is 2.71 bits per heavy atom. The van der Waals surface area contributed by atoms with Crippen molar-refractivity contribution in [2.45, 2.75) is 43.5 Å². The molecule has 0 amide bonds. The Morgan fingerprint density at radius 1 is 1.57 bits per heavy atom. The van der Waals surface area contributed by atoms with Gasteiger partial charge in [-0.15, -0.1) is 0 Å². The van der Waals surface area contributed by atoms with Crippen LogP contribution >= 0.6 is 27.5 Å². The van der Waals surface area contributed by atoms with Gasteiger partial charge in [0.25, 0.3) is 0 Å². The smallest absolute Gasteiger partial charge is 0.243 e. The molecule has 118 valence electrons. The highest BCUT2D eigenvalue weighted by Gasteiger charge is 2.30. The maximum Gasteiger partial charge on any atom is 0.243 e. The van der Waals surface area contributed by atoms with E-state index in [2.05, 4.69) is 20.7 Å². The fraction of sp³-hybridized carbons (Fsp3) is 0.538. The van der Waals surface area contributed by atoms with E-state index < -0.39 is 20.7 Å². The number of nitrogen functional groups attached to an aromatic ring is 1. The molecule has 0 spiro atoms. The molecule has 1 atom stereocenters. The molecular weight excluding hydrogens is 383 g/mol.